The van der Waals surface area contributed by atoms with Gasteiger partial charge in [-0.2, -0.15) is 0 Å². The second-order valence-electron chi connectivity index (χ2n) is 5.93. The molecule has 0 spiro atoms. The molecule has 0 amide bonds. The predicted octanol–water partition coefficient (Wildman–Crippen LogP) is 6.49. The molecule has 4 heteroatoms. The smallest absolute Gasteiger partial charge is 0.170 e. The van der Waals surface area contributed by atoms with E-state index in [4.69, 9.17) is 15.2 Å². The highest BCUT2D eigenvalue weighted by molar-refractivity contribution is 5.85. The van der Waals surface area contributed by atoms with Crippen molar-refractivity contribution >= 4 is 12.4 Å². The van der Waals surface area contributed by atoms with Gasteiger partial charge in [0.15, 0.2) is 11.5 Å². The van der Waals surface area contributed by atoms with Crippen LogP contribution < -0.4 is 15.2 Å². The number of ether oxygens (including phenoxy) is 2. The summed E-state index contributed by atoms with van der Waals surface area (Å²) in [5.74, 6) is 2.87. The molecule has 0 saturated carbocycles. The Labute approximate surface area is 161 Å². The summed E-state index contributed by atoms with van der Waals surface area (Å²) in [5.41, 5.74) is 7.32. The summed E-state index contributed by atoms with van der Waals surface area (Å²) < 4.78 is 12.1. The second kappa shape index (κ2) is 9.85. The summed E-state index contributed by atoms with van der Waals surface area (Å²) in [6, 6.07) is 25.3. The lowest BCUT2D eigenvalue weighted by molar-refractivity contribution is 0.417. The summed E-state index contributed by atoms with van der Waals surface area (Å²) in [4.78, 5) is 0. The quantitative estimate of drug-likeness (QED) is 0.517. The summed E-state index contributed by atoms with van der Waals surface area (Å²) >= 11 is 0. The van der Waals surface area contributed by atoms with Crippen LogP contribution in [0.2, 0.25) is 0 Å². The molecule has 0 radical (unpaired) electrons. The molecule has 0 fully saturated rings. The molecule has 136 valence electrons. The zero-order valence-corrected chi connectivity index (χ0v) is 15.6. The van der Waals surface area contributed by atoms with Crippen molar-refractivity contribution in [3.8, 4) is 23.0 Å². The van der Waals surface area contributed by atoms with Crippen molar-refractivity contribution in [2.45, 2.75) is 25.8 Å². The van der Waals surface area contributed by atoms with E-state index in [1.54, 1.807) is 0 Å². The SMILES string of the molecule is CCC[C@@H](N)c1ccc(Oc2ccccc2)c(Oc2ccccc2)c1.Cl. The lowest BCUT2D eigenvalue weighted by Crippen LogP contribution is -2.09. The van der Waals surface area contributed by atoms with Gasteiger partial charge >= 0.3 is 0 Å². The third kappa shape index (κ3) is 5.25. The number of rotatable bonds is 7. The molecule has 2 N–H and O–H groups in total. The molecule has 3 rings (SSSR count). The van der Waals surface area contributed by atoms with E-state index in [1.807, 2.05) is 78.9 Å². The highest BCUT2D eigenvalue weighted by atomic mass is 35.5. The van der Waals surface area contributed by atoms with E-state index >= 15 is 0 Å². The van der Waals surface area contributed by atoms with Gasteiger partial charge in [-0.25, -0.2) is 0 Å². The van der Waals surface area contributed by atoms with E-state index in [9.17, 15) is 0 Å². The maximum Gasteiger partial charge on any atom is 0.170 e. The van der Waals surface area contributed by atoms with Crippen LogP contribution in [0.25, 0.3) is 0 Å². The van der Waals surface area contributed by atoms with E-state index in [1.165, 1.54) is 0 Å². The largest absolute Gasteiger partial charge is 0.453 e. The average Bonchev–Trinajstić information content (AvgIpc) is 2.65. The van der Waals surface area contributed by atoms with Crippen LogP contribution in [0.1, 0.15) is 31.4 Å². The minimum absolute atomic E-state index is 0. The molecule has 1 atom stereocenters. The Morgan fingerprint density at radius 3 is 1.85 bits per heavy atom. The number of nitrogens with two attached hydrogens (primary N) is 1. The Bertz CT molecular complexity index is 794. The minimum Gasteiger partial charge on any atom is -0.453 e. The maximum atomic E-state index is 6.27. The Hall–Kier alpha value is -2.49. The first-order chi connectivity index (χ1) is 12.3. The van der Waals surface area contributed by atoms with Gasteiger partial charge in [-0.05, 0) is 48.4 Å². The number of para-hydroxylation sites is 2. The molecule has 0 aliphatic carbocycles. The summed E-state index contributed by atoms with van der Waals surface area (Å²) in [7, 11) is 0. The number of halogens is 1. The van der Waals surface area contributed by atoms with Gasteiger partial charge in [0.1, 0.15) is 11.5 Å². The van der Waals surface area contributed by atoms with Crippen molar-refractivity contribution in [1.29, 1.82) is 0 Å². The third-order valence-electron chi connectivity index (χ3n) is 3.94. The van der Waals surface area contributed by atoms with Gasteiger partial charge < -0.3 is 15.2 Å². The number of benzene rings is 3. The van der Waals surface area contributed by atoms with E-state index in [0.29, 0.717) is 11.5 Å². The first-order valence-corrected chi connectivity index (χ1v) is 8.61. The Balaban J connectivity index is 0.00000243. The van der Waals surface area contributed by atoms with Gasteiger partial charge in [-0.3, -0.25) is 0 Å². The van der Waals surface area contributed by atoms with Crippen LogP contribution in [0.15, 0.2) is 78.9 Å². The second-order valence-corrected chi connectivity index (χ2v) is 5.93. The van der Waals surface area contributed by atoms with Gasteiger partial charge in [0.25, 0.3) is 0 Å². The van der Waals surface area contributed by atoms with Gasteiger partial charge in [0, 0.05) is 6.04 Å². The summed E-state index contributed by atoms with van der Waals surface area (Å²) in [6.45, 7) is 2.13. The van der Waals surface area contributed by atoms with Crippen molar-refractivity contribution in [2.24, 2.45) is 5.73 Å². The first-order valence-electron chi connectivity index (χ1n) is 8.61. The van der Waals surface area contributed by atoms with Crippen molar-refractivity contribution in [1.82, 2.24) is 0 Å². The zero-order valence-electron chi connectivity index (χ0n) is 14.8. The van der Waals surface area contributed by atoms with Crippen LogP contribution in [0.5, 0.6) is 23.0 Å². The van der Waals surface area contributed by atoms with E-state index in [2.05, 4.69) is 6.92 Å². The van der Waals surface area contributed by atoms with Crippen LogP contribution in [0.4, 0.5) is 0 Å². The van der Waals surface area contributed by atoms with E-state index in [0.717, 1.165) is 29.9 Å². The Morgan fingerprint density at radius 1 is 0.769 bits per heavy atom. The molecule has 3 aromatic carbocycles. The van der Waals surface area contributed by atoms with Crippen molar-refractivity contribution < 1.29 is 9.47 Å². The number of hydrogen-bond donors (Lipinski definition) is 1. The van der Waals surface area contributed by atoms with Gasteiger partial charge in [-0.1, -0.05) is 55.8 Å². The van der Waals surface area contributed by atoms with Gasteiger partial charge in [0.05, 0.1) is 0 Å². The van der Waals surface area contributed by atoms with E-state index < -0.39 is 0 Å². The number of hydrogen-bond acceptors (Lipinski definition) is 3. The zero-order chi connectivity index (χ0) is 17.5. The molecule has 3 aromatic rings. The molecule has 0 aliphatic rings. The molecular formula is C22H24ClNO2. The maximum absolute atomic E-state index is 6.27. The van der Waals surface area contributed by atoms with Crippen LogP contribution in [0.3, 0.4) is 0 Å². The molecule has 0 saturated heterocycles. The molecular weight excluding hydrogens is 346 g/mol. The average molecular weight is 370 g/mol. The molecule has 26 heavy (non-hydrogen) atoms. The topological polar surface area (TPSA) is 44.5 Å². The Morgan fingerprint density at radius 2 is 1.31 bits per heavy atom. The van der Waals surface area contributed by atoms with Gasteiger partial charge in [0.2, 0.25) is 0 Å². The van der Waals surface area contributed by atoms with Crippen LogP contribution in [0, 0.1) is 0 Å². The van der Waals surface area contributed by atoms with Crippen molar-refractivity contribution in [3.63, 3.8) is 0 Å². The van der Waals surface area contributed by atoms with Crippen molar-refractivity contribution in [3.05, 3.63) is 84.4 Å². The molecule has 0 heterocycles. The third-order valence-corrected chi connectivity index (χ3v) is 3.94. The Kier molecular flexibility index (Phi) is 7.52. The monoisotopic (exact) mass is 369 g/mol. The fourth-order valence-electron chi connectivity index (χ4n) is 2.63. The molecule has 0 aromatic heterocycles. The van der Waals surface area contributed by atoms with Crippen molar-refractivity contribution in [2.75, 3.05) is 0 Å². The predicted molar refractivity (Wildman–Crippen MR) is 109 cm³/mol. The minimum atomic E-state index is -0.00565. The van der Waals surface area contributed by atoms with Gasteiger partial charge in [-0.15, -0.1) is 12.4 Å². The van der Waals surface area contributed by atoms with Crippen LogP contribution in [-0.4, -0.2) is 0 Å². The van der Waals surface area contributed by atoms with Crippen LogP contribution in [-0.2, 0) is 0 Å². The summed E-state index contributed by atoms with van der Waals surface area (Å²) in [5, 5.41) is 0. The fraction of sp³-hybridized carbons (Fsp3) is 0.182. The lowest BCUT2D eigenvalue weighted by atomic mass is 10.0. The fourth-order valence-corrected chi connectivity index (χ4v) is 2.63. The highest BCUT2D eigenvalue weighted by Crippen LogP contribution is 2.37. The molecule has 0 unspecified atom stereocenters. The molecule has 3 nitrogen and oxygen atoms in total. The lowest BCUT2D eigenvalue weighted by Gasteiger charge is -2.16. The highest BCUT2D eigenvalue weighted by Gasteiger charge is 2.13. The first kappa shape index (κ1) is 19.8. The summed E-state index contributed by atoms with van der Waals surface area (Å²) in [6.07, 6.45) is 1.97. The van der Waals surface area contributed by atoms with E-state index in [-0.39, 0.29) is 18.4 Å². The van der Waals surface area contributed by atoms with Crippen LogP contribution >= 0.6 is 12.4 Å². The standard InChI is InChI=1S/C22H23NO2.ClH/c1-2-9-20(23)17-14-15-21(24-18-10-5-3-6-11-18)22(16-17)25-19-12-7-4-8-13-19;/h3-8,10-16,20H,2,9,23H2,1H3;1H/t20-;/m1./s1. The molecule has 0 aliphatic heterocycles. The normalized spacial score (nSPS) is 11.3. The molecule has 0 bridgehead atoms.